The zero-order chi connectivity index (χ0) is 14.5. The lowest BCUT2D eigenvalue weighted by molar-refractivity contribution is -0.155. The fourth-order valence-corrected chi connectivity index (χ4v) is 3.24. The van der Waals surface area contributed by atoms with Crippen LogP contribution in [0.5, 0.6) is 0 Å². The second-order valence-electron chi connectivity index (χ2n) is 6.00. The number of carbonyl (C=O) groups is 1. The number of hydrogen-bond acceptors (Lipinski definition) is 6. The first-order valence-electron chi connectivity index (χ1n) is 6.96. The summed E-state index contributed by atoms with van der Waals surface area (Å²) < 4.78 is 22.2. The molecule has 4 atom stereocenters. The average Bonchev–Trinajstić information content (AvgIpc) is 2.75. The number of esters is 1. The van der Waals surface area contributed by atoms with Crippen molar-refractivity contribution < 1.29 is 28.8 Å². The number of ether oxygens (including phenoxy) is 4. The Bertz CT molecular complexity index is 457. The largest absolute Gasteiger partial charge is 0.488 e. The Morgan fingerprint density at radius 3 is 2.80 bits per heavy atom. The molecule has 3 fully saturated rings. The topological polar surface area (TPSA) is 74.2 Å². The molecular weight excluding hydrogens is 264 g/mol. The van der Waals surface area contributed by atoms with Gasteiger partial charge in [0.25, 0.3) is 0 Å². The minimum atomic E-state index is -1.16. The number of hydrogen-bond donors (Lipinski definition) is 1. The van der Waals surface area contributed by atoms with Crippen LogP contribution in [-0.2, 0) is 23.7 Å². The summed E-state index contributed by atoms with van der Waals surface area (Å²) in [7, 11) is 0. The summed E-state index contributed by atoms with van der Waals surface area (Å²) in [6.45, 7) is 5.71. The standard InChI is InChI=1S/C14H20O6/c1-4-17-11(15)5-10-14(16)6-8(18-10)12-9(7-14)19-13(2,3)20-12/h5,8-9,12,16H,4,6-7H2,1-3H3/b10-5+/t8-,9-,12+,14-/m1/s1. The molecule has 3 rings (SSSR count). The molecule has 0 aromatic carbocycles. The average molecular weight is 284 g/mol. The van der Waals surface area contributed by atoms with Gasteiger partial charge in [0.15, 0.2) is 5.79 Å². The normalized spacial score (nSPS) is 43.2. The zero-order valence-corrected chi connectivity index (χ0v) is 11.9. The van der Waals surface area contributed by atoms with Crippen LogP contribution >= 0.6 is 0 Å². The van der Waals surface area contributed by atoms with E-state index in [0.717, 1.165) is 0 Å². The molecule has 1 aliphatic carbocycles. The first kappa shape index (κ1) is 13.9. The molecule has 0 amide bonds. The van der Waals surface area contributed by atoms with E-state index in [1.54, 1.807) is 6.92 Å². The summed E-state index contributed by atoms with van der Waals surface area (Å²) in [4.78, 5) is 11.5. The van der Waals surface area contributed by atoms with Crippen LogP contribution in [0.2, 0.25) is 0 Å². The van der Waals surface area contributed by atoms with Crippen molar-refractivity contribution in [2.75, 3.05) is 6.61 Å². The van der Waals surface area contributed by atoms with Crippen molar-refractivity contribution in [3.63, 3.8) is 0 Å². The van der Waals surface area contributed by atoms with E-state index in [4.69, 9.17) is 18.9 Å². The molecule has 1 saturated carbocycles. The molecule has 0 spiro atoms. The molecule has 6 heteroatoms. The maximum atomic E-state index is 11.5. The van der Waals surface area contributed by atoms with Crippen molar-refractivity contribution in [3.8, 4) is 0 Å². The molecule has 2 aliphatic heterocycles. The van der Waals surface area contributed by atoms with Crippen molar-refractivity contribution in [1.82, 2.24) is 0 Å². The van der Waals surface area contributed by atoms with E-state index in [1.807, 2.05) is 13.8 Å². The Morgan fingerprint density at radius 1 is 1.40 bits per heavy atom. The lowest BCUT2D eigenvalue weighted by Crippen LogP contribution is -2.45. The van der Waals surface area contributed by atoms with Crippen LogP contribution in [0.3, 0.4) is 0 Å². The molecule has 0 radical (unpaired) electrons. The van der Waals surface area contributed by atoms with Gasteiger partial charge in [-0.3, -0.25) is 0 Å². The van der Waals surface area contributed by atoms with Gasteiger partial charge >= 0.3 is 5.97 Å². The van der Waals surface area contributed by atoms with E-state index < -0.39 is 17.4 Å². The Morgan fingerprint density at radius 2 is 2.10 bits per heavy atom. The smallest absolute Gasteiger partial charge is 0.334 e. The SMILES string of the molecule is CCOC(=O)/C=C1/O[C@@H]2C[C@@]1(O)C[C@H]1OC(C)(C)O[C@@H]21. The van der Waals surface area contributed by atoms with Gasteiger partial charge in [-0.25, -0.2) is 4.79 Å². The summed E-state index contributed by atoms with van der Waals surface area (Å²) in [5.41, 5.74) is -1.16. The minimum absolute atomic E-state index is 0.210. The number of carbonyl (C=O) groups excluding carboxylic acids is 1. The zero-order valence-electron chi connectivity index (χ0n) is 11.9. The lowest BCUT2D eigenvalue weighted by atomic mass is 9.81. The Hall–Kier alpha value is -1.11. The summed E-state index contributed by atoms with van der Waals surface area (Å²) in [6, 6.07) is 0. The van der Waals surface area contributed by atoms with Crippen molar-refractivity contribution >= 4 is 5.97 Å². The van der Waals surface area contributed by atoms with Crippen molar-refractivity contribution in [1.29, 1.82) is 0 Å². The van der Waals surface area contributed by atoms with Gasteiger partial charge in [-0.1, -0.05) is 0 Å². The Kier molecular flexibility index (Phi) is 3.08. The van der Waals surface area contributed by atoms with Gasteiger partial charge in [0, 0.05) is 12.8 Å². The van der Waals surface area contributed by atoms with Crippen LogP contribution in [0, 0.1) is 0 Å². The third kappa shape index (κ3) is 2.21. The molecular formula is C14H20O6. The lowest BCUT2D eigenvalue weighted by Gasteiger charge is -2.30. The van der Waals surface area contributed by atoms with E-state index in [2.05, 4.69) is 0 Å². The molecule has 1 N–H and O–H groups in total. The molecule has 20 heavy (non-hydrogen) atoms. The third-order valence-corrected chi connectivity index (χ3v) is 3.94. The molecule has 0 aromatic rings. The monoisotopic (exact) mass is 284 g/mol. The molecule has 2 saturated heterocycles. The fourth-order valence-electron chi connectivity index (χ4n) is 3.24. The van der Waals surface area contributed by atoms with Gasteiger partial charge in [-0.15, -0.1) is 0 Å². The second kappa shape index (κ2) is 4.44. The molecule has 3 aliphatic rings. The Labute approximate surface area is 117 Å². The predicted octanol–water partition coefficient (Wildman–Crippen LogP) is 0.877. The van der Waals surface area contributed by atoms with E-state index in [0.29, 0.717) is 12.8 Å². The highest BCUT2D eigenvalue weighted by molar-refractivity contribution is 5.82. The van der Waals surface area contributed by atoms with Crippen LogP contribution in [0.15, 0.2) is 11.8 Å². The van der Waals surface area contributed by atoms with Crippen LogP contribution < -0.4 is 0 Å². The van der Waals surface area contributed by atoms with Gasteiger partial charge < -0.3 is 24.1 Å². The van der Waals surface area contributed by atoms with Crippen molar-refractivity contribution in [2.45, 2.75) is 63.3 Å². The maximum absolute atomic E-state index is 11.5. The summed E-state index contributed by atoms with van der Waals surface area (Å²) in [6.07, 6.45) is 1.29. The number of aliphatic hydroxyl groups is 1. The van der Waals surface area contributed by atoms with E-state index in [1.165, 1.54) is 6.08 Å². The number of fused-ring (bicyclic) bond motifs is 4. The second-order valence-corrected chi connectivity index (χ2v) is 6.00. The van der Waals surface area contributed by atoms with Crippen LogP contribution in [-0.4, -0.2) is 47.4 Å². The molecule has 112 valence electrons. The number of rotatable bonds is 2. The quantitative estimate of drug-likeness (QED) is 0.599. The first-order chi connectivity index (χ1) is 9.33. The summed E-state index contributed by atoms with van der Waals surface area (Å²) in [5.74, 6) is -0.902. The molecule has 2 bridgehead atoms. The highest BCUT2D eigenvalue weighted by Gasteiger charge is 2.60. The minimum Gasteiger partial charge on any atom is -0.488 e. The van der Waals surface area contributed by atoms with E-state index >= 15 is 0 Å². The van der Waals surface area contributed by atoms with E-state index in [9.17, 15) is 9.90 Å². The van der Waals surface area contributed by atoms with Gasteiger partial charge in [-0.2, -0.15) is 0 Å². The molecule has 0 aromatic heterocycles. The predicted molar refractivity (Wildman–Crippen MR) is 67.6 cm³/mol. The molecule has 2 heterocycles. The van der Waals surface area contributed by atoms with E-state index in [-0.39, 0.29) is 30.7 Å². The fraction of sp³-hybridized carbons (Fsp3) is 0.786. The molecule has 6 nitrogen and oxygen atoms in total. The first-order valence-corrected chi connectivity index (χ1v) is 6.96. The van der Waals surface area contributed by atoms with Crippen LogP contribution in [0.4, 0.5) is 0 Å². The van der Waals surface area contributed by atoms with Gasteiger partial charge in [0.05, 0.1) is 18.8 Å². The third-order valence-electron chi connectivity index (χ3n) is 3.94. The van der Waals surface area contributed by atoms with Gasteiger partial charge in [0.2, 0.25) is 0 Å². The van der Waals surface area contributed by atoms with Crippen molar-refractivity contribution in [2.24, 2.45) is 0 Å². The maximum Gasteiger partial charge on any atom is 0.334 e. The summed E-state index contributed by atoms with van der Waals surface area (Å²) in [5, 5.41) is 10.7. The van der Waals surface area contributed by atoms with Gasteiger partial charge in [0.1, 0.15) is 23.6 Å². The van der Waals surface area contributed by atoms with Gasteiger partial charge in [-0.05, 0) is 20.8 Å². The highest BCUT2D eigenvalue weighted by Crippen LogP contribution is 2.49. The summed E-state index contributed by atoms with van der Waals surface area (Å²) >= 11 is 0. The highest BCUT2D eigenvalue weighted by atomic mass is 16.8. The Balaban J connectivity index is 1.81. The van der Waals surface area contributed by atoms with Crippen LogP contribution in [0.25, 0.3) is 0 Å². The van der Waals surface area contributed by atoms with Crippen molar-refractivity contribution in [3.05, 3.63) is 11.8 Å². The molecule has 0 unspecified atom stereocenters. The van der Waals surface area contributed by atoms with Crippen LogP contribution in [0.1, 0.15) is 33.6 Å².